The van der Waals surface area contributed by atoms with Gasteiger partial charge in [-0.3, -0.25) is 0 Å². The minimum absolute atomic E-state index is 0.170. The summed E-state index contributed by atoms with van der Waals surface area (Å²) < 4.78 is 30.0. The Labute approximate surface area is 130 Å². The lowest BCUT2D eigenvalue weighted by atomic mass is 10.1. The summed E-state index contributed by atoms with van der Waals surface area (Å²) >= 11 is 0. The molecule has 3 aromatic carbocycles. The normalized spacial score (nSPS) is 11.5. The molecule has 0 fully saturated rings. The van der Waals surface area contributed by atoms with Gasteiger partial charge in [-0.1, -0.05) is 36.4 Å². The maximum absolute atomic E-state index is 12.4. The topological polar surface area (TPSA) is 43.4 Å². The second kappa shape index (κ2) is 5.46. The van der Waals surface area contributed by atoms with Gasteiger partial charge in [-0.25, -0.2) is 0 Å². The molecule has 0 aliphatic heterocycles. The molecule has 0 atom stereocenters. The van der Waals surface area contributed by atoms with E-state index in [0.717, 1.165) is 21.9 Å². The first-order valence-electron chi connectivity index (χ1n) is 6.96. The predicted octanol–water partition coefficient (Wildman–Crippen LogP) is 4.22. The minimum atomic E-state index is -3.82. The van der Waals surface area contributed by atoms with E-state index in [-0.39, 0.29) is 4.90 Å². The molecule has 0 aliphatic rings. The first-order valence-corrected chi connectivity index (χ1v) is 8.37. The summed E-state index contributed by atoms with van der Waals surface area (Å²) in [7, 11) is -3.82. The predicted molar refractivity (Wildman–Crippen MR) is 87.7 cm³/mol. The second-order valence-corrected chi connectivity index (χ2v) is 6.84. The quantitative estimate of drug-likeness (QED) is 0.680. The van der Waals surface area contributed by atoms with Crippen molar-refractivity contribution in [1.29, 1.82) is 0 Å². The van der Waals surface area contributed by atoms with E-state index in [1.54, 1.807) is 30.3 Å². The molecule has 0 radical (unpaired) electrons. The van der Waals surface area contributed by atoms with Crippen LogP contribution >= 0.6 is 0 Å². The smallest absolute Gasteiger partial charge is 0.339 e. The van der Waals surface area contributed by atoms with Crippen molar-refractivity contribution in [2.24, 2.45) is 0 Å². The van der Waals surface area contributed by atoms with Crippen molar-refractivity contribution in [1.82, 2.24) is 0 Å². The Morgan fingerprint density at radius 1 is 0.773 bits per heavy atom. The third-order valence-corrected chi connectivity index (χ3v) is 4.94. The molecule has 0 N–H and O–H groups in total. The van der Waals surface area contributed by atoms with E-state index in [1.165, 1.54) is 0 Å². The molecule has 0 saturated carbocycles. The SMILES string of the molecule is Cc1ccc(S(=O)(=O)Oc2ccc3ccccc3c2)cc1C. The molecular formula is C18H16O3S. The highest BCUT2D eigenvalue weighted by Gasteiger charge is 2.17. The number of fused-ring (bicyclic) bond motifs is 1. The average Bonchev–Trinajstić information content (AvgIpc) is 2.49. The van der Waals surface area contributed by atoms with Gasteiger partial charge in [0.2, 0.25) is 0 Å². The van der Waals surface area contributed by atoms with Crippen molar-refractivity contribution in [3.05, 3.63) is 71.8 Å². The summed E-state index contributed by atoms with van der Waals surface area (Å²) in [5.41, 5.74) is 1.97. The highest BCUT2D eigenvalue weighted by atomic mass is 32.2. The Hall–Kier alpha value is -2.33. The fourth-order valence-electron chi connectivity index (χ4n) is 2.26. The van der Waals surface area contributed by atoms with E-state index >= 15 is 0 Å². The van der Waals surface area contributed by atoms with Crippen molar-refractivity contribution in [2.45, 2.75) is 18.7 Å². The van der Waals surface area contributed by atoms with Gasteiger partial charge in [-0.2, -0.15) is 8.42 Å². The fourth-order valence-corrected chi connectivity index (χ4v) is 3.27. The molecule has 0 unspecified atom stereocenters. The van der Waals surface area contributed by atoms with Crippen molar-refractivity contribution in [2.75, 3.05) is 0 Å². The molecule has 0 spiro atoms. The molecule has 0 aliphatic carbocycles. The molecule has 3 aromatic rings. The second-order valence-electron chi connectivity index (χ2n) is 5.29. The lowest BCUT2D eigenvalue weighted by Crippen LogP contribution is -2.10. The van der Waals surface area contributed by atoms with Gasteiger partial charge in [-0.05, 0) is 60.0 Å². The van der Waals surface area contributed by atoms with E-state index in [1.807, 2.05) is 44.2 Å². The van der Waals surface area contributed by atoms with Crippen LogP contribution in [0.4, 0.5) is 0 Å². The van der Waals surface area contributed by atoms with Gasteiger partial charge in [0, 0.05) is 0 Å². The molecule has 0 heterocycles. The van der Waals surface area contributed by atoms with E-state index in [0.29, 0.717) is 5.75 Å². The van der Waals surface area contributed by atoms with Crippen LogP contribution < -0.4 is 4.18 Å². The molecular weight excluding hydrogens is 296 g/mol. The summed E-state index contributed by atoms with van der Waals surface area (Å²) in [5.74, 6) is 0.317. The third-order valence-electron chi connectivity index (χ3n) is 3.69. The van der Waals surface area contributed by atoms with Crippen LogP contribution in [0.5, 0.6) is 5.75 Å². The van der Waals surface area contributed by atoms with Crippen LogP contribution in [-0.2, 0) is 10.1 Å². The molecule has 0 aromatic heterocycles. The largest absolute Gasteiger partial charge is 0.379 e. The molecule has 22 heavy (non-hydrogen) atoms. The van der Waals surface area contributed by atoms with Gasteiger partial charge in [0.25, 0.3) is 0 Å². The lowest BCUT2D eigenvalue weighted by molar-refractivity contribution is 0.486. The van der Waals surface area contributed by atoms with E-state index in [2.05, 4.69) is 0 Å². The molecule has 0 bridgehead atoms. The molecule has 0 saturated heterocycles. The first kappa shape index (κ1) is 14.6. The Morgan fingerprint density at radius 2 is 1.50 bits per heavy atom. The van der Waals surface area contributed by atoms with Gasteiger partial charge in [0.05, 0.1) is 0 Å². The number of rotatable bonds is 3. The van der Waals surface area contributed by atoms with Gasteiger partial charge >= 0.3 is 10.1 Å². The van der Waals surface area contributed by atoms with Crippen molar-refractivity contribution in [3.63, 3.8) is 0 Å². The van der Waals surface area contributed by atoms with Crippen LogP contribution in [0.1, 0.15) is 11.1 Å². The van der Waals surface area contributed by atoms with Gasteiger partial charge < -0.3 is 4.18 Å². The molecule has 3 rings (SSSR count). The van der Waals surface area contributed by atoms with Crippen LogP contribution in [0.25, 0.3) is 10.8 Å². The molecule has 0 amide bonds. The van der Waals surface area contributed by atoms with Crippen LogP contribution in [0.2, 0.25) is 0 Å². The average molecular weight is 312 g/mol. The van der Waals surface area contributed by atoms with Gasteiger partial charge in [0.1, 0.15) is 10.6 Å². The highest BCUT2D eigenvalue weighted by molar-refractivity contribution is 7.87. The number of hydrogen-bond donors (Lipinski definition) is 0. The van der Waals surface area contributed by atoms with E-state index < -0.39 is 10.1 Å². The Kier molecular flexibility index (Phi) is 3.62. The minimum Gasteiger partial charge on any atom is -0.379 e. The van der Waals surface area contributed by atoms with Crippen LogP contribution in [-0.4, -0.2) is 8.42 Å². The summed E-state index contributed by atoms with van der Waals surface area (Å²) in [4.78, 5) is 0.170. The van der Waals surface area contributed by atoms with Crippen molar-refractivity contribution in [3.8, 4) is 5.75 Å². The Morgan fingerprint density at radius 3 is 2.23 bits per heavy atom. The summed E-state index contributed by atoms with van der Waals surface area (Å²) in [5, 5.41) is 1.98. The van der Waals surface area contributed by atoms with Crippen molar-refractivity contribution < 1.29 is 12.6 Å². The van der Waals surface area contributed by atoms with E-state index in [9.17, 15) is 8.42 Å². The first-order chi connectivity index (χ1) is 10.5. The molecule has 3 nitrogen and oxygen atoms in total. The monoisotopic (exact) mass is 312 g/mol. The number of aryl methyl sites for hydroxylation is 2. The summed E-state index contributed by atoms with van der Waals surface area (Å²) in [6, 6.07) is 18.0. The van der Waals surface area contributed by atoms with Gasteiger partial charge in [0.15, 0.2) is 0 Å². The Balaban J connectivity index is 1.97. The molecule has 4 heteroatoms. The van der Waals surface area contributed by atoms with Crippen molar-refractivity contribution >= 4 is 20.9 Å². The number of benzene rings is 3. The van der Waals surface area contributed by atoms with Crippen LogP contribution in [0, 0.1) is 13.8 Å². The fraction of sp³-hybridized carbons (Fsp3) is 0.111. The zero-order chi connectivity index (χ0) is 15.7. The Bertz CT molecular complexity index is 943. The maximum Gasteiger partial charge on any atom is 0.339 e. The third kappa shape index (κ3) is 2.83. The maximum atomic E-state index is 12.4. The lowest BCUT2D eigenvalue weighted by Gasteiger charge is -2.09. The van der Waals surface area contributed by atoms with E-state index in [4.69, 9.17) is 4.18 Å². The highest BCUT2D eigenvalue weighted by Crippen LogP contribution is 2.24. The number of hydrogen-bond acceptors (Lipinski definition) is 3. The summed E-state index contributed by atoms with van der Waals surface area (Å²) in [6.45, 7) is 3.82. The standard InChI is InChI=1S/C18H16O3S/c1-13-7-10-18(11-14(13)2)22(19,20)21-17-9-8-15-5-3-4-6-16(15)12-17/h3-12H,1-2H3. The summed E-state index contributed by atoms with van der Waals surface area (Å²) in [6.07, 6.45) is 0. The zero-order valence-corrected chi connectivity index (χ0v) is 13.2. The van der Waals surface area contributed by atoms with Gasteiger partial charge in [-0.15, -0.1) is 0 Å². The van der Waals surface area contributed by atoms with Crippen LogP contribution in [0.15, 0.2) is 65.6 Å². The zero-order valence-electron chi connectivity index (χ0n) is 12.4. The van der Waals surface area contributed by atoms with Crippen LogP contribution in [0.3, 0.4) is 0 Å². The molecule has 112 valence electrons.